The molecular formula is C20H23FN2O. The van der Waals surface area contributed by atoms with Gasteiger partial charge in [-0.05, 0) is 31.0 Å². The van der Waals surface area contributed by atoms with Crippen molar-refractivity contribution in [2.24, 2.45) is 0 Å². The Hall–Kier alpha value is -2.36. The average Bonchev–Trinajstić information content (AvgIpc) is 2.61. The number of amides is 1. The molecule has 1 heterocycles. The minimum Gasteiger partial charge on any atom is -0.366 e. The third-order valence-electron chi connectivity index (χ3n) is 4.57. The van der Waals surface area contributed by atoms with Gasteiger partial charge in [-0.2, -0.15) is 0 Å². The van der Waals surface area contributed by atoms with Crippen LogP contribution in [0.1, 0.15) is 17.5 Å². The maximum Gasteiger partial charge on any atom is 0.223 e. The lowest BCUT2D eigenvalue weighted by Crippen LogP contribution is -2.49. The van der Waals surface area contributed by atoms with Gasteiger partial charge in [-0.1, -0.05) is 42.0 Å². The van der Waals surface area contributed by atoms with E-state index in [1.807, 2.05) is 15.9 Å². The first kappa shape index (κ1) is 16.5. The molecule has 0 N–H and O–H groups in total. The number of hydrogen-bond acceptors (Lipinski definition) is 2. The number of para-hydroxylation sites is 1. The molecule has 0 aliphatic carbocycles. The van der Waals surface area contributed by atoms with Crippen LogP contribution < -0.4 is 4.90 Å². The van der Waals surface area contributed by atoms with E-state index >= 15 is 0 Å². The van der Waals surface area contributed by atoms with E-state index in [2.05, 4.69) is 31.2 Å². The van der Waals surface area contributed by atoms with Crippen molar-refractivity contribution in [3.05, 3.63) is 65.5 Å². The van der Waals surface area contributed by atoms with Crippen LogP contribution in [0.15, 0.2) is 48.5 Å². The summed E-state index contributed by atoms with van der Waals surface area (Å²) in [6, 6.07) is 15.1. The van der Waals surface area contributed by atoms with Gasteiger partial charge < -0.3 is 9.80 Å². The molecule has 1 fully saturated rings. The third-order valence-corrected chi connectivity index (χ3v) is 4.57. The maximum atomic E-state index is 13.8. The lowest BCUT2D eigenvalue weighted by molar-refractivity contribution is -0.131. The molecule has 1 saturated heterocycles. The number of hydrogen-bond donors (Lipinski definition) is 0. The molecule has 0 radical (unpaired) electrons. The van der Waals surface area contributed by atoms with Crippen molar-refractivity contribution in [1.29, 1.82) is 0 Å². The molecule has 0 saturated carbocycles. The van der Waals surface area contributed by atoms with Gasteiger partial charge in [0.05, 0.1) is 5.69 Å². The molecule has 1 amide bonds. The van der Waals surface area contributed by atoms with Crippen molar-refractivity contribution in [2.75, 3.05) is 31.1 Å². The van der Waals surface area contributed by atoms with Crippen molar-refractivity contribution in [3.8, 4) is 0 Å². The van der Waals surface area contributed by atoms with Crippen LogP contribution in [0.2, 0.25) is 0 Å². The number of carbonyl (C=O) groups is 1. The summed E-state index contributed by atoms with van der Waals surface area (Å²) in [7, 11) is 0. The second-order valence-electron chi connectivity index (χ2n) is 6.30. The van der Waals surface area contributed by atoms with Crippen LogP contribution >= 0.6 is 0 Å². The Balaban J connectivity index is 1.50. The standard InChI is InChI=1S/C20H23FN2O/c1-16-6-8-17(9-7-16)10-11-20(24)23-14-12-22(13-15-23)19-5-3-2-4-18(19)21/h2-9H,10-15H2,1H3. The van der Waals surface area contributed by atoms with Crippen LogP contribution in [0.4, 0.5) is 10.1 Å². The highest BCUT2D eigenvalue weighted by molar-refractivity contribution is 5.76. The molecule has 4 heteroatoms. The Morgan fingerprint density at radius 3 is 2.33 bits per heavy atom. The van der Waals surface area contributed by atoms with Gasteiger partial charge in [-0.25, -0.2) is 4.39 Å². The summed E-state index contributed by atoms with van der Waals surface area (Å²) in [5.74, 6) is -0.0135. The molecule has 0 aromatic heterocycles. The second-order valence-corrected chi connectivity index (χ2v) is 6.30. The van der Waals surface area contributed by atoms with E-state index in [1.165, 1.54) is 17.2 Å². The zero-order chi connectivity index (χ0) is 16.9. The van der Waals surface area contributed by atoms with E-state index in [0.717, 1.165) is 6.42 Å². The summed E-state index contributed by atoms with van der Waals surface area (Å²) in [5.41, 5.74) is 3.05. The summed E-state index contributed by atoms with van der Waals surface area (Å²) in [5, 5.41) is 0. The fourth-order valence-electron chi connectivity index (χ4n) is 3.07. The molecule has 0 bridgehead atoms. The Morgan fingerprint density at radius 1 is 1.00 bits per heavy atom. The quantitative estimate of drug-likeness (QED) is 0.859. The SMILES string of the molecule is Cc1ccc(CCC(=O)N2CCN(c3ccccc3F)CC2)cc1. The third kappa shape index (κ3) is 3.94. The molecule has 126 valence electrons. The fourth-order valence-corrected chi connectivity index (χ4v) is 3.07. The van der Waals surface area contributed by atoms with Gasteiger partial charge in [0.2, 0.25) is 5.91 Å². The van der Waals surface area contributed by atoms with Crippen LogP contribution in [0.5, 0.6) is 0 Å². The molecule has 0 atom stereocenters. The summed E-state index contributed by atoms with van der Waals surface area (Å²) in [4.78, 5) is 16.3. The molecule has 2 aromatic rings. The Bertz CT molecular complexity index is 691. The number of piperazine rings is 1. The van der Waals surface area contributed by atoms with Crippen LogP contribution in [0.25, 0.3) is 0 Å². The molecule has 2 aromatic carbocycles. The lowest BCUT2D eigenvalue weighted by atomic mass is 10.1. The summed E-state index contributed by atoms with van der Waals surface area (Å²) >= 11 is 0. The fraction of sp³-hybridized carbons (Fsp3) is 0.350. The van der Waals surface area contributed by atoms with Crippen molar-refractivity contribution >= 4 is 11.6 Å². The molecule has 3 rings (SSSR count). The predicted octanol–water partition coefficient (Wildman–Crippen LogP) is 3.42. The number of aryl methyl sites for hydroxylation is 2. The van der Waals surface area contributed by atoms with Gasteiger partial charge in [0.25, 0.3) is 0 Å². The summed E-state index contributed by atoms with van der Waals surface area (Å²) in [6.07, 6.45) is 1.30. The molecular weight excluding hydrogens is 303 g/mol. The predicted molar refractivity (Wildman–Crippen MR) is 94.7 cm³/mol. The molecule has 3 nitrogen and oxygen atoms in total. The largest absolute Gasteiger partial charge is 0.366 e. The molecule has 24 heavy (non-hydrogen) atoms. The summed E-state index contributed by atoms with van der Waals surface area (Å²) < 4.78 is 13.8. The summed E-state index contributed by atoms with van der Waals surface area (Å²) in [6.45, 7) is 4.72. The zero-order valence-corrected chi connectivity index (χ0v) is 14.0. The molecule has 1 aliphatic heterocycles. The lowest BCUT2D eigenvalue weighted by Gasteiger charge is -2.36. The molecule has 0 unspecified atom stereocenters. The highest BCUT2D eigenvalue weighted by Gasteiger charge is 2.22. The van der Waals surface area contributed by atoms with Crippen LogP contribution in [-0.4, -0.2) is 37.0 Å². The number of benzene rings is 2. The van der Waals surface area contributed by atoms with Crippen LogP contribution in [0.3, 0.4) is 0 Å². The number of rotatable bonds is 4. The van der Waals surface area contributed by atoms with Crippen LogP contribution in [0, 0.1) is 12.7 Å². The van der Waals surface area contributed by atoms with Gasteiger partial charge in [-0.3, -0.25) is 4.79 Å². The van der Waals surface area contributed by atoms with Gasteiger partial charge in [0.15, 0.2) is 0 Å². The highest BCUT2D eigenvalue weighted by atomic mass is 19.1. The van der Waals surface area contributed by atoms with Crippen molar-refractivity contribution in [1.82, 2.24) is 4.90 Å². The average molecular weight is 326 g/mol. The van der Waals surface area contributed by atoms with E-state index in [0.29, 0.717) is 38.3 Å². The van der Waals surface area contributed by atoms with E-state index in [-0.39, 0.29) is 11.7 Å². The first-order valence-electron chi connectivity index (χ1n) is 8.46. The minimum absolute atomic E-state index is 0.184. The Labute approximate surface area is 142 Å². The molecule has 1 aliphatic rings. The Kier molecular flexibility index (Phi) is 5.14. The monoisotopic (exact) mass is 326 g/mol. The minimum atomic E-state index is -0.198. The second kappa shape index (κ2) is 7.47. The maximum absolute atomic E-state index is 13.8. The van der Waals surface area contributed by atoms with E-state index < -0.39 is 0 Å². The normalized spacial score (nSPS) is 14.8. The van der Waals surface area contributed by atoms with Crippen molar-refractivity contribution in [2.45, 2.75) is 19.8 Å². The van der Waals surface area contributed by atoms with Gasteiger partial charge >= 0.3 is 0 Å². The van der Waals surface area contributed by atoms with E-state index in [9.17, 15) is 9.18 Å². The first-order chi connectivity index (χ1) is 11.6. The highest BCUT2D eigenvalue weighted by Crippen LogP contribution is 2.20. The van der Waals surface area contributed by atoms with Crippen molar-refractivity contribution in [3.63, 3.8) is 0 Å². The molecule has 0 spiro atoms. The number of anilines is 1. The van der Waals surface area contributed by atoms with Gasteiger partial charge in [-0.15, -0.1) is 0 Å². The van der Waals surface area contributed by atoms with E-state index in [4.69, 9.17) is 0 Å². The van der Waals surface area contributed by atoms with Gasteiger partial charge in [0, 0.05) is 32.6 Å². The van der Waals surface area contributed by atoms with Gasteiger partial charge in [0.1, 0.15) is 5.82 Å². The van der Waals surface area contributed by atoms with Crippen LogP contribution in [-0.2, 0) is 11.2 Å². The van der Waals surface area contributed by atoms with E-state index in [1.54, 1.807) is 12.1 Å². The topological polar surface area (TPSA) is 23.6 Å². The van der Waals surface area contributed by atoms with Crippen molar-refractivity contribution < 1.29 is 9.18 Å². The number of nitrogens with zero attached hydrogens (tertiary/aromatic N) is 2. The number of halogens is 1. The zero-order valence-electron chi connectivity index (χ0n) is 14.0. The Morgan fingerprint density at radius 2 is 1.67 bits per heavy atom. The number of carbonyl (C=O) groups excluding carboxylic acids is 1. The smallest absolute Gasteiger partial charge is 0.223 e. The first-order valence-corrected chi connectivity index (χ1v) is 8.46.